The van der Waals surface area contributed by atoms with E-state index in [4.69, 9.17) is 21.7 Å². The lowest BCUT2D eigenvalue weighted by atomic mass is 9.94. The maximum absolute atomic E-state index is 13.0. The fourth-order valence-corrected chi connectivity index (χ4v) is 5.17. The molecule has 0 bridgehead atoms. The molecule has 1 aromatic heterocycles. The summed E-state index contributed by atoms with van der Waals surface area (Å²) in [5, 5.41) is 5.04. The number of aromatic amines is 1. The summed E-state index contributed by atoms with van der Waals surface area (Å²) >= 11 is 5.90. The van der Waals surface area contributed by atoms with Crippen molar-refractivity contribution in [2.24, 2.45) is 0 Å². The number of rotatable bonds is 4. The molecule has 33 heavy (non-hydrogen) atoms. The summed E-state index contributed by atoms with van der Waals surface area (Å²) < 4.78 is 11.0. The largest absolute Gasteiger partial charge is 0.454 e. The fraction of sp³-hybridized carbons (Fsp3) is 0.385. The molecule has 2 heterocycles. The molecule has 2 aliphatic rings. The van der Waals surface area contributed by atoms with Crippen molar-refractivity contribution in [1.82, 2.24) is 9.88 Å². The van der Waals surface area contributed by atoms with Gasteiger partial charge in [-0.2, -0.15) is 0 Å². The summed E-state index contributed by atoms with van der Waals surface area (Å²) in [4.78, 5) is 18.2. The van der Waals surface area contributed by atoms with Crippen molar-refractivity contribution in [3.05, 3.63) is 63.4 Å². The molecule has 0 radical (unpaired) electrons. The number of ether oxygens (including phenoxy) is 2. The quantitative estimate of drug-likeness (QED) is 0.505. The topological polar surface area (TPSA) is 66.6 Å². The van der Waals surface area contributed by atoms with Crippen LogP contribution in [0.25, 0.3) is 10.9 Å². The number of H-pyrrole nitrogens is 1. The number of anilines is 1. The van der Waals surface area contributed by atoms with Crippen molar-refractivity contribution in [2.75, 3.05) is 12.1 Å². The van der Waals surface area contributed by atoms with E-state index in [1.165, 1.54) is 24.8 Å². The van der Waals surface area contributed by atoms with Gasteiger partial charge in [0.25, 0.3) is 5.56 Å². The van der Waals surface area contributed by atoms with Gasteiger partial charge in [-0.25, -0.2) is 0 Å². The molecule has 2 N–H and O–H groups in total. The second-order valence-corrected chi connectivity index (χ2v) is 9.47. The highest BCUT2D eigenvalue weighted by atomic mass is 32.1. The average molecular weight is 464 g/mol. The van der Waals surface area contributed by atoms with Gasteiger partial charge in [0.2, 0.25) is 6.79 Å². The number of aryl methyl sites for hydroxylation is 2. The van der Waals surface area contributed by atoms with E-state index >= 15 is 0 Å². The van der Waals surface area contributed by atoms with Crippen molar-refractivity contribution in [1.29, 1.82) is 0 Å². The SMILES string of the molecule is Cc1ccc(NC(=S)N(Cc2cc3cc4c(cc3[nH]c2=O)OCO4)C2CCCCC2)c(C)c1. The number of hydrogen-bond donors (Lipinski definition) is 2. The highest BCUT2D eigenvalue weighted by Crippen LogP contribution is 2.35. The zero-order valence-corrected chi connectivity index (χ0v) is 19.9. The third-order valence-electron chi connectivity index (χ3n) is 6.65. The molecule has 0 atom stereocenters. The Morgan fingerprint density at radius 1 is 1.09 bits per heavy atom. The summed E-state index contributed by atoms with van der Waals surface area (Å²) in [6.45, 7) is 4.83. The number of hydrogen-bond acceptors (Lipinski definition) is 4. The first-order chi connectivity index (χ1) is 16.0. The normalized spacial score (nSPS) is 15.6. The number of thiocarbonyl (C=S) groups is 1. The van der Waals surface area contributed by atoms with E-state index in [2.05, 4.69) is 47.2 Å². The van der Waals surface area contributed by atoms with E-state index in [0.29, 0.717) is 34.8 Å². The molecule has 1 fully saturated rings. The zero-order valence-electron chi connectivity index (χ0n) is 19.1. The monoisotopic (exact) mass is 463 g/mol. The third-order valence-corrected chi connectivity index (χ3v) is 6.99. The fourth-order valence-electron chi connectivity index (χ4n) is 4.84. The van der Waals surface area contributed by atoms with Crippen molar-refractivity contribution >= 4 is 33.9 Å². The summed E-state index contributed by atoms with van der Waals surface area (Å²) in [5.41, 5.74) is 4.71. The van der Waals surface area contributed by atoms with E-state index in [0.717, 1.165) is 35.0 Å². The van der Waals surface area contributed by atoms with Crippen molar-refractivity contribution in [3.63, 3.8) is 0 Å². The van der Waals surface area contributed by atoms with Gasteiger partial charge in [0.05, 0.1) is 12.1 Å². The first-order valence-corrected chi connectivity index (χ1v) is 12.0. The highest BCUT2D eigenvalue weighted by Gasteiger charge is 2.25. The Morgan fingerprint density at radius 2 is 1.85 bits per heavy atom. The van der Waals surface area contributed by atoms with Crippen LogP contribution in [-0.4, -0.2) is 27.8 Å². The summed E-state index contributed by atoms with van der Waals surface area (Å²) in [6, 6.07) is 12.3. The van der Waals surface area contributed by atoms with E-state index in [9.17, 15) is 4.79 Å². The van der Waals surface area contributed by atoms with Crippen LogP contribution in [0.2, 0.25) is 0 Å². The van der Waals surface area contributed by atoms with E-state index < -0.39 is 0 Å². The van der Waals surface area contributed by atoms with Gasteiger partial charge in [0.15, 0.2) is 16.6 Å². The predicted octanol–water partition coefficient (Wildman–Crippen LogP) is 5.41. The molecule has 3 aromatic rings. The summed E-state index contributed by atoms with van der Waals surface area (Å²) in [5.74, 6) is 1.37. The summed E-state index contributed by atoms with van der Waals surface area (Å²) in [6.07, 6.45) is 5.79. The number of benzene rings is 2. The molecule has 2 aromatic carbocycles. The average Bonchev–Trinajstić information content (AvgIpc) is 3.25. The number of fused-ring (bicyclic) bond motifs is 2. The Hall–Kier alpha value is -3.06. The minimum Gasteiger partial charge on any atom is -0.454 e. The molecule has 0 saturated heterocycles. The Balaban J connectivity index is 1.46. The molecule has 6 nitrogen and oxygen atoms in total. The minimum atomic E-state index is -0.100. The van der Waals surface area contributed by atoms with Gasteiger partial charge in [-0.05, 0) is 62.7 Å². The molecule has 172 valence electrons. The van der Waals surface area contributed by atoms with E-state index in [-0.39, 0.29) is 12.4 Å². The Kier molecular flexibility index (Phi) is 5.98. The number of nitrogens with zero attached hydrogens (tertiary/aromatic N) is 1. The smallest absolute Gasteiger partial charge is 0.253 e. The third kappa shape index (κ3) is 4.55. The van der Waals surface area contributed by atoms with Crippen molar-refractivity contribution in [2.45, 2.75) is 58.5 Å². The molecule has 0 unspecified atom stereocenters. The van der Waals surface area contributed by atoms with Crippen LogP contribution >= 0.6 is 12.2 Å². The van der Waals surface area contributed by atoms with Crippen LogP contribution in [0.3, 0.4) is 0 Å². The van der Waals surface area contributed by atoms with E-state index in [1.54, 1.807) is 0 Å². The molecular formula is C26H29N3O3S. The lowest BCUT2D eigenvalue weighted by Gasteiger charge is -2.36. The molecular weight excluding hydrogens is 434 g/mol. The van der Waals surface area contributed by atoms with Gasteiger partial charge < -0.3 is 24.7 Å². The highest BCUT2D eigenvalue weighted by molar-refractivity contribution is 7.80. The van der Waals surface area contributed by atoms with Crippen LogP contribution < -0.4 is 20.3 Å². The second-order valence-electron chi connectivity index (χ2n) is 9.08. The first-order valence-electron chi connectivity index (χ1n) is 11.6. The van der Waals surface area contributed by atoms with E-state index in [1.807, 2.05) is 18.2 Å². The lowest BCUT2D eigenvalue weighted by Crippen LogP contribution is -2.44. The molecule has 7 heteroatoms. The number of nitrogens with one attached hydrogen (secondary N) is 2. The van der Waals surface area contributed by atoms with Gasteiger partial charge in [-0.15, -0.1) is 0 Å². The van der Waals surface area contributed by atoms with Gasteiger partial charge in [0, 0.05) is 28.7 Å². The van der Waals surface area contributed by atoms with Gasteiger partial charge in [-0.1, -0.05) is 37.0 Å². The Labute approximate surface area is 198 Å². The van der Waals surface area contributed by atoms with Crippen LogP contribution in [-0.2, 0) is 6.54 Å². The van der Waals surface area contributed by atoms with Crippen molar-refractivity contribution in [3.8, 4) is 11.5 Å². The molecule has 0 amide bonds. The van der Waals surface area contributed by atoms with Crippen LogP contribution in [0.15, 0.2) is 41.2 Å². The van der Waals surface area contributed by atoms with Gasteiger partial charge in [0.1, 0.15) is 0 Å². The van der Waals surface area contributed by atoms with Crippen molar-refractivity contribution < 1.29 is 9.47 Å². The first kappa shape index (κ1) is 21.8. The zero-order chi connectivity index (χ0) is 22.9. The molecule has 1 aliphatic carbocycles. The minimum absolute atomic E-state index is 0.100. The maximum atomic E-state index is 13.0. The number of pyridine rings is 1. The molecule has 5 rings (SSSR count). The van der Waals surface area contributed by atoms with Gasteiger partial charge >= 0.3 is 0 Å². The summed E-state index contributed by atoms with van der Waals surface area (Å²) in [7, 11) is 0. The van der Waals surface area contributed by atoms with Crippen LogP contribution in [0.1, 0.15) is 48.8 Å². The second kappa shape index (κ2) is 9.06. The predicted molar refractivity (Wildman–Crippen MR) is 135 cm³/mol. The molecule has 0 spiro atoms. The Morgan fingerprint density at radius 3 is 2.61 bits per heavy atom. The molecule has 1 saturated carbocycles. The van der Waals surface area contributed by atoms with Gasteiger partial charge in [-0.3, -0.25) is 4.79 Å². The van der Waals surface area contributed by atoms with Crippen LogP contribution in [0.4, 0.5) is 5.69 Å². The molecule has 1 aliphatic heterocycles. The standard InChI is InChI=1S/C26H29N3O3S/c1-16-8-9-21(17(2)10-16)28-26(33)29(20-6-4-3-5-7-20)14-19-11-18-12-23-24(32-15-31-23)13-22(18)27-25(19)30/h8-13,20H,3-7,14-15H2,1-2H3,(H,27,30)(H,28,33). The van der Waals surface area contributed by atoms with Crippen LogP contribution in [0, 0.1) is 13.8 Å². The number of aromatic nitrogens is 1. The Bertz CT molecular complexity index is 1260. The lowest BCUT2D eigenvalue weighted by molar-refractivity contribution is 0.174. The maximum Gasteiger partial charge on any atom is 0.253 e. The van der Waals surface area contributed by atoms with Crippen LogP contribution in [0.5, 0.6) is 11.5 Å².